The summed E-state index contributed by atoms with van der Waals surface area (Å²) in [5, 5.41) is 3.46. The Labute approximate surface area is 113 Å². The average Bonchev–Trinajstić information content (AvgIpc) is 2.86. The molecule has 2 aromatic rings. The van der Waals surface area contributed by atoms with Crippen molar-refractivity contribution < 1.29 is 0 Å². The maximum absolute atomic E-state index is 4.42. The van der Waals surface area contributed by atoms with Gasteiger partial charge >= 0.3 is 0 Å². The van der Waals surface area contributed by atoms with E-state index in [0.29, 0.717) is 6.04 Å². The van der Waals surface area contributed by atoms with Gasteiger partial charge in [0.05, 0.1) is 6.54 Å². The van der Waals surface area contributed by atoms with Gasteiger partial charge in [-0.2, -0.15) is 0 Å². The van der Waals surface area contributed by atoms with Crippen molar-refractivity contribution in [3.8, 4) is 0 Å². The van der Waals surface area contributed by atoms with Crippen molar-refractivity contribution in [2.75, 3.05) is 19.6 Å². The van der Waals surface area contributed by atoms with E-state index >= 15 is 0 Å². The number of aromatic nitrogens is 3. The van der Waals surface area contributed by atoms with Crippen molar-refractivity contribution in [1.29, 1.82) is 0 Å². The molecule has 2 aromatic heterocycles. The summed E-state index contributed by atoms with van der Waals surface area (Å²) < 4.78 is 2.09. The quantitative estimate of drug-likeness (QED) is 0.889. The predicted molar refractivity (Wildman–Crippen MR) is 73.5 cm³/mol. The van der Waals surface area contributed by atoms with Gasteiger partial charge in [0.25, 0.3) is 0 Å². The summed E-state index contributed by atoms with van der Waals surface area (Å²) in [6, 6.07) is 4.53. The van der Waals surface area contributed by atoms with E-state index in [9.17, 15) is 0 Å². The van der Waals surface area contributed by atoms with Crippen LogP contribution in [0, 0.1) is 0 Å². The first-order valence-corrected chi connectivity index (χ1v) is 6.65. The minimum Gasteiger partial charge on any atom is -0.337 e. The lowest BCUT2D eigenvalue weighted by molar-refractivity contribution is 0.148. The van der Waals surface area contributed by atoms with Gasteiger partial charge in [0.15, 0.2) is 0 Å². The fourth-order valence-electron chi connectivity index (χ4n) is 2.57. The average molecular weight is 257 g/mol. The molecule has 1 N–H and O–H groups in total. The van der Waals surface area contributed by atoms with Gasteiger partial charge in [0.1, 0.15) is 5.82 Å². The van der Waals surface area contributed by atoms with Gasteiger partial charge < -0.3 is 9.88 Å². The minimum atomic E-state index is 0.374. The van der Waals surface area contributed by atoms with Crippen LogP contribution >= 0.6 is 0 Å². The van der Waals surface area contributed by atoms with Crippen molar-refractivity contribution in [3.63, 3.8) is 0 Å². The largest absolute Gasteiger partial charge is 0.337 e. The molecule has 0 aliphatic carbocycles. The van der Waals surface area contributed by atoms with Crippen LogP contribution in [0.1, 0.15) is 17.4 Å². The van der Waals surface area contributed by atoms with Crippen molar-refractivity contribution in [2.24, 2.45) is 7.05 Å². The number of imidazole rings is 1. The lowest BCUT2D eigenvalue weighted by Gasteiger charge is -2.36. The summed E-state index contributed by atoms with van der Waals surface area (Å²) in [5.74, 6) is 1.11. The van der Waals surface area contributed by atoms with E-state index in [2.05, 4.69) is 30.8 Å². The van der Waals surface area contributed by atoms with Crippen LogP contribution in [0.2, 0.25) is 0 Å². The van der Waals surface area contributed by atoms with Crippen molar-refractivity contribution >= 4 is 0 Å². The zero-order chi connectivity index (χ0) is 13.1. The van der Waals surface area contributed by atoms with E-state index in [4.69, 9.17) is 0 Å². The molecule has 1 aliphatic rings. The summed E-state index contributed by atoms with van der Waals surface area (Å²) in [7, 11) is 2.05. The van der Waals surface area contributed by atoms with Gasteiger partial charge in [-0.05, 0) is 11.6 Å². The highest BCUT2D eigenvalue weighted by Gasteiger charge is 2.24. The zero-order valence-corrected chi connectivity index (χ0v) is 11.2. The first-order valence-electron chi connectivity index (χ1n) is 6.65. The first kappa shape index (κ1) is 12.3. The Morgan fingerprint density at radius 2 is 2.37 bits per heavy atom. The number of nitrogens with zero attached hydrogens (tertiary/aromatic N) is 4. The van der Waals surface area contributed by atoms with Crippen LogP contribution < -0.4 is 5.32 Å². The summed E-state index contributed by atoms with van der Waals surface area (Å²) in [6.07, 6.45) is 7.64. The van der Waals surface area contributed by atoms with Crippen LogP contribution in [-0.2, 0) is 13.6 Å². The first-order chi connectivity index (χ1) is 9.34. The van der Waals surface area contributed by atoms with Crippen LogP contribution in [0.15, 0.2) is 36.9 Å². The van der Waals surface area contributed by atoms with Crippen molar-refractivity contribution in [2.45, 2.75) is 12.6 Å². The molecule has 100 valence electrons. The van der Waals surface area contributed by atoms with E-state index in [0.717, 1.165) is 32.0 Å². The molecule has 1 aliphatic heterocycles. The normalized spacial score (nSPS) is 20.6. The molecule has 1 fully saturated rings. The van der Waals surface area contributed by atoms with Crippen LogP contribution in [-0.4, -0.2) is 39.1 Å². The molecule has 1 saturated heterocycles. The molecule has 5 heteroatoms. The van der Waals surface area contributed by atoms with Gasteiger partial charge in [0, 0.05) is 57.5 Å². The second-order valence-corrected chi connectivity index (χ2v) is 4.93. The van der Waals surface area contributed by atoms with E-state index in [1.807, 2.05) is 37.9 Å². The fourth-order valence-corrected chi connectivity index (χ4v) is 2.57. The molecule has 0 aromatic carbocycles. The molecular formula is C14H19N5. The summed E-state index contributed by atoms with van der Waals surface area (Å²) in [6.45, 7) is 3.91. The zero-order valence-electron chi connectivity index (χ0n) is 11.2. The Balaban J connectivity index is 1.80. The molecule has 0 spiro atoms. The molecule has 1 unspecified atom stereocenters. The van der Waals surface area contributed by atoms with E-state index in [1.165, 1.54) is 5.56 Å². The monoisotopic (exact) mass is 257 g/mol. The molecule has 0 bridgehead atoms. The smallest absolute Gasteiger partial charge is 0.122 e. The van der Waals surface area contributed by atoms with E-state index in [-0.39, 0.29) is 0 Å². The third kappa shape index (κ3) is 2.67. The van der Waals surface area contributed by atoms with Gasteiger partial charge in [-0.25, -0.2) is 4.98 Å². The molecule has 3 rings (SSSR count). The summed E-state index contributed by atoms with van der Waals surface area (Å²) in [5.41, 5.74) is 1.27. The van der Waals surface area contributed by atoms with Gasteiger partial charge in [0.2, 0.25) is 0 Å². The highest BCUT2D eigenvalue weighted by Crippen LogP contribution is 2.22. The molecule has 19 heavy (non-hydrogen) atoms. The lowest BCUT2D eigenvalue weighted by Crippen LogP contribution is -2.45. The maximum Gasteiger partial charge on any atom is 0.122 e. The Kier molecular flexibility index (Phi) is 3.57. The Morgan fingerprint density at radius 3 is 3.11 bits per heavy atom. The Bertz CT molecular complexity index is 522. The fraction of sp³-hybridized carbons (Fsp3) is 0.429. The third-order valence-electron chi connectivity index (χ3n) is 3.69. The lowest BCUT2D eigenvalue weighted by atomic mass is 10.1. The second-order valence-electron chi connectivity index (χ2n) is 4.93. The van der Waals surface area contributed by atoms with Crippen LogP contribution in [0.4, 0.5) is 0 Å². The molecule has 3 heterocycles. The minimum absolute atomic E-state index is 0.374. The number of pyridine rings is 1. The molecule has 5 nitrogen and oxygen atoms in total. The predicted octanol–water partition coefficient (Wildman–Crippen LogP) is 0.962. The van der Waals surface area contributed by atoms with Crippen molar-refractivity contribution in [3.05, 3.63) is 48.3 Å². The third-order valence-corrected chi connectivity index (χ3v) is 3.69. The summed E-state index contributed by atoms with van der Waals surface area (Å²) >= 11 is 0. The number of hydrogen-bond donors (Lipinski definition) is 1. The molecular weight excluding hydrogens is 238 g/mol. The highest BCUT2D eigenvalue weighted by atomic mass is 15.2. The Morgan fingerprint density at radius 1 is 1.42 bits per heavy atom. The standard InChI is InChI=1S/C14H19N5/c1-18-7-6-17-14(18)11-19-8-5-16-10-13(19)12-3-2-4-15-9-12/h2-4,6-7,9,13,16H,5,8,10-11H2,1H3. The maximum atomic E-state index is 4.42. The molecule has 0 amide bonds. The highest BCUT2D eigenvalue weighted by molar-refractivity contribution is 5.15. The Hall–Kier alpha value is -1.72. The molecule has 1 atom stereocenters. The number of piperazine rings is 1. The number of nitrogens with one attached hydrogen (secondary N) is 1. The van der Waals surface area contributed by atoms with Gasteiger partial charge in [-0.1, -0.05) is 6.07 Å². The van der Waals surface area contributed by atoms with Crippen LogP contribution in [0.25, 0.3) is 0 Å². The topological polar surface area (TPSA) is 46.0 Å². The SMILES string of the molecule is Cn1ccnc1CN1CCNCC1c1cccnc1. The number of rotatable bonds is 3. The summed E-state index contributed by atoms with van der Waals surface area (Å²) in [4.78, 5) is 11.1. The van der Waals surface area contributed by atoms with Crippen molar-refractivity contribution in [1.82, 2.24) is 24.8 Å². The van der Waals surface area contributed by atoms with Gasteiger partial charge in [-0.3, -0.25) is 9.88 Å². The second kappa shape index (κ2) is 5.50. The number of hydrogen-bond acceptors (Lipinski definition) is 4. The van der Waals surface area contributed by atoms with E-state index < -0.39 is 0 Å². The molecule has 0 radical (unpaired) electrons. The van der Waals surface area contributed by atoms with Crippen LogP contribution in [0.3, 0.4) is 0 Å². The molecule has 0 saturated carbocycles. The van der Waals surface area contributed by atoms with Gasteiger partial charge in [-0.15, -0.1) is 0 Å². The number of aryl methyl sites for hydroxylation is 1. The van der Waals surface area contributed by atoms with Crippen LogP contribution in [0.5, 0.6) is 0 Å². The van der Waals surface area contributed by atoms with E-state index in [1.54, 1.807) is 0 Å².